The molecule has 0 aliphatic carbocycles. The molecule has 1 aromatic rings. The van der Waals surface area contributed by atoms with Gasteiger partial charge in [-0.05, 0) is 25.5 Å². The molecule has 0 amide bonds. The molecule has 0 aromatic heterocycles. The molecule has 0 saturated heterocycles. The van der Waals surface area contributed by atoms with Gasteiger partial charge in [0.05, 0.1) is 54.3 Å². The lowest BCUT2D eigenvalue weighted by Gasteiger charge is -2.32. The smallest absolute Gasteiger partial charge is 0.336 e. The Morgan fingerprint density at radius 3 is 2.65 bits per heavy atom. The van der Waals surface area contributed by atoms with Gasteiger partial charge >= 0.3 is 11.9 Å². The number of esters is 2. The molecule has 0 bridgehead atoms. The number of benzene rings is 1. The number of nitrogens with zero attached hydrogens (tertiary/aromatic N) is 1. The summed E-state index contributed by atoms with van der Waals surface area (Å²) in [6.07, 6.45) is -0.860. The van der Waals surface area contributed by atoms with Gasteiger partial charge in [0, 0.05) is 18.2 Å². The second kappa shape index (κ2) is 11.6. The molecule has 8 nitrogen and oxygen atoms in total. The van der Waals surface area contributed by atoms with Gasteiger partial charge < -0.3 is 25.1 Å². The number of methoxy groups -OCH3 is 1. The van der Waals surface area contributed by atoms with Crippen molar-refractivity contribution < 1.29 is 28.9 Å². The molecule has 1 aromatic carbocycles. The second-order valence-corrected chi connectivity index (χ2v) is 7.65. The predicted octanol–water partition coefficient (Wildman–Crippen LogP) is 2.49. The van der Waals surface area contributed by atoms with E-state index in [2.05, 4.69) is 4.99 Å². The zero-order chi connectivity index (χ0) is 23.1. The van der Waals surface area contributed by atoms with E-state index in [-0.39, 0.29) is 47.7 Å². The van der Waals surface area contributed by atoms with Crippen molar-refractivity contribution in [3.63, 3.8) is 0 Å². The molecule has 3 unspecified atom stereocenters. The first kappa shape index (κ1) is 25.3. The van der Waals surface area contributed by atoms with E-state index in [1.165, 1.54) is 7.11 Å². The minimum atomic E-state index is -0.918. The van der Waals surface area contributed by atoms with Crippen LogP contribution in [0.25, 0.3) is 0 Å². The fraction of sp³-hybridized carbons (Fsp3) is 0.476. The van der Waals surface area contributed by atoms with Crippen molar-refractivity contribution >= 4 is 40.9 Å². The normalized spacial score (nSPS) is 19.6. The van der Waals surface area contributed by atoms with Gasteiger partial charge in [-0.25, -0.2) is 4.79 Å². The van der Waals surface area contributed by atoms with Gasteiger partial charge in [-0.2, -0.15) is 0 Å². The van der Waals surface area contributed by atoms with Gasteiger partial charge in [0.1, 0.15) is 5.92 Å². The summed E-state index contributed by atoms with van der Waals surface area (Å²) in [6.45, 7) is 3.31. The van der Waals surface area contributed by atoms with Gasteiger partial charge in [-0.15, -0.1) is 0 Å². The fourth-order valence-corrected chi connectivity index (χ4v) is 3.81. The van der Waals surface area contributed by atoms with Gasteiger partial charge in [-0.1, -0.05) is 35.3 Å². The Morgan fingerprint density at radius 1 is 1.32 bits per heavy atom. The molecule has 170 valence electrons. The Bertz CT molecular complexity index is 887. The van der Waals surface area contributed by atoms with Crippen LogP contribution in [0.15, 0.2) is 34.5 Å². The van der Waals surface area contributed by atoms with Gasteiger partial charge in [0.15, 0.2) is 0 Å². The lowest BCUT2D eigenvalue weighted by atomic mass is 9.75. The van der Waals surface area contributed by atoms with Crippen LogP contribution in [0.1, 0.15) is 25.3 Å². The van der Waals surface area contributed by atoms with Gasteiger partial charge in [0.25, 0.3) is 0 Å². The Hall–Kier alpha value is -1.97. The lowest BCUT2D eigenvalue weighted by molar-refractivity contribution is -0.144. The average Bonchev–Trinajstić information content (AvgIpc) is 2.74. The van der Waals surface area contributed by atoms with Crippen molar-refractivity contribution in [1.82, 2.24) is 0 Å². The molecule has 10 heteroatoms. The molecule has 0 spiro atoms. The highest BCUT2D eigenvalue weighted by Crippen LogP contribution is 2.44. The fourth-order valence-electron chi connectivity index (χ4n) is 3.38. The van der Waals surface area contributed by atoms with Gasteiger partial charge in [0.2, 0.25) is 0 Å². The summed E-state index contributed by atoms with van der Waals surface area (Å²) in [7, 11) is 1.26. The largest absolute Gasteiger partial charge is 0.468 e. The molecule has 2 rings (SSSR count). The first-order valence-corrected chi connectivity index (χ1v) is 10.4. The number of carbonyl (C=O) groups is 2. The molecule has 0 saturated carbocycles. The molecular formula is C21H26Cl2N2O6. The number of nitrogens with two attached hydrogens (primary N) is 1. The van der Waals surface area contributed by atoms with E-state index >= 15 is 0 Å². The van der Waals surface area contributed by atoms with Crippen molar-refractivity contribution in [2.45, 2.75) is 25.9 Å². The standard InChI is InChI=1S/C21H26Cl2N2O6/c1-4-31-21(28)18-15(10-30-9-12(26)8-24)25-11(2)16(20(27)29-3)17(18)13-6-5-7-14(22)19(13)23/h5-7,12,16-17,26H,4,8-10,24H2,1-3H3. The molecule has 3 N–H and O–H groups in total. The molecule has 1 aliphatic rings. The topological polar surface area (TPSA) is 120 Å². The summed E-state index contributed by atoms with van der Waals surface area (Å²) in [6, 6.07) is 4.97. The predicted molar refractivity (Wildman–Crippen MR) is 117 cm³/mol. The molecule has 0 fully saturated rings. The lowest BCUT2D eigenvalue weighted by Crippen LogP contribution is -2.37. The Balaban J connectivity index is 2.66. The van der Waals surface area contributed by atoms with E-state index in [9.17, 15) is 14.7 Å². The van der Waals surface area contributed by atoms with Crippen molar-refractivity contribution in [3.8, 4) is 0 Å². The highest BCUT2D eigenvalue weighted by atomic mass is 35.5. The molecule has 3 atom stereocenters. The Labute approximate surface area is 191 Å². The zero-order valence-corrected chi connectivity index (χ0v) is 19.1. The third-order valence-corrected chi connectivity index (χ3v) is 5.64. The van der Waals surface area contributed by atoms with Crippen molar-refractivity contribution in [2.75, 3.05) is 33.5 Å². The SMILES string of the molecule is CCOC(=O)C1=C(COCC(O)CN)N=C(C)C(C(=O)OC)C1c1cccc(Cl)c1Cl. The van der Waals surface area contributed by atoms with E-state index in [0.29, 0.717) is 11.3 Å². The number of aliphatic hydroxyl groups is 1. The van der Waals surface area contributed by atoms with Crippen LogP contribution in [0.3, 0.4) is 0 Å². The number of rotatable bonds is 9. The number of halogens is 2. The maximum Gasteiger partial charge on any atom is 0.336 e. The summed E-state index contributed by atoms with van der Waals surface area (Å²) in [5, 5.41) is 10.1. The van der Waals surface area contributed by atoms with Crippen LogP contribution in [0.5, 0.6) is 0 Å². The summed E-state index contributed by atoms with van der Waals surface area (Å²) < 4.78 is 15.8. The number of hydrogen-bond acceptors (Lipinski definition) is 8. The molecule has 31 heavy (non-hydrogen) atoms. The molecule has 1 heterocycles. The van der Waals surface area contributed by atoms with E-state index < -0.39 is 29.9 Å². The maximum atomic E-state index is 13.0. The van der Waals surface area contributed by atoms with Crippen LogP contribution >= 0.6 is 23.2 Å². The van der Waals surface area contributed by atoms with Crippen LogP contribution in [-0.2, 0) is 23.8 Å². The average molecular weight is 473 g/mol. The highest BCUT2D eigenvalue weighted by Gasteiger charge is 2.44. The maximum absolute atomic E-state index is 13.0. The monoisotopic (exact) mass is 472 g/mol. The summed E-state index contributed by atoms with van der Waals surface area (Å²) >= 11 is 12.7. The van der Waals surface area contributed by atoms with Crippen molar-refractivity contribution in [1.29, 1.82) is 0 Å². The first-order chi connectivity index (χ1) is 14.8. The number of hydrogen-bond donors (Lipinski definition) is 2. The second-order valence-electron chi connectivity index (χ2n) is 6.86. The first-order valence-electron chi connectivity index (χ1n) is 9.69. The number of aliphatic hydroxyl groups excluding tert-OH is 1. The van der Waals surface area contributed by atoms with E-state index in [0.717, 1.165) is 0 Å². The zero-order valence-electron chi connectivity index (χ0n) is 17.6. The van der Waals surface area contributed by atoms with Crippen LogP contribution in [0.4, 0.5) is 0 Å². The highest BCUT2D eigenvalue weighted by molar-refractivity contribution is 6.42. The van der Waals surface area contributed by atoms with Crippen molar-refractivity contribution in [2.24, 2.45) is 16.6 Å². The van der Waals surface area contributed by atoms with E-state index in [1.807, 2.05) is 0 Å². The number of carbonyl (C=O) groups excluding carboxylic acids is 2. The minimum absolute atomic E-state index is 0.0250. The summed E-state index contributed by atoms with van der Waals surface area (Å²) in [5.74, 6) is -3.01. The van der Waals surface area contributed by atoms with E-state index in [4.69, 9.17) is 43.1 Å². The van der Waals surface area contributed by atoms with Gasteiger partial charge in [-0.3, -0.25) is 9.79 Å². The minimum Gasteiger partial charge on any atom is -0.468 e. The molecular weight excluding hydrogens is 447 g/mol. The summed E-state index contributed by atoms with van der Waals surface area (Å²) in [4.78, 5) is 30.2. The van der Waals surface area contributed by atoms with Crippen molar-refractivity contribution in [3.05, 3.63) is 45.1 Å². The van der Waals surface area contributed by atoms with Crippen LogP contribution in [0, 0.1) is 5.92 Å². The molecule has 1 aliphatic heterocycles. The third kappa shape index (κ3) is 5.84. The summed E-state index contributed by atoms with van der Waals surface area (Å²) in [5.41, 5.74) is 6.66. The van der Waals surface area contributed by atoms with Crippen LogP contribution in [-0.4, -0.2) is 62.3 Å². The number of ether oxygens (including phenoxy) is 3. The van der Waals surface area contributed by atoms with Crippen LogP contribution in [0.2, 0.25) is 10.0 Å². The number of aliphatic imine (C=N–C) groups is 1. The van der Waals surface area contributed by atoms with Crippen LogP contribution < -0.4 is 5.73 Å². The quantitative estimate of drug-likeness (QED) is 0.529. The third-order valence-electron chi connectivity index (χ3n) is 4.80. The Morgan fingerprint density at radius 2 is 2.03 bits per heavy atom. The Kier molecular flexibility index (Phi) is 9.46. The van der Waals surface area contributed by atoms with E-state index in [1.54, 1.807) is 32.0 Å². The molecule has 0 radical (unpaired) electrons.